The van der Waals surface area contributed by atoms with Gasteiger partial charge in [-0.1, -0.05) is 0 Å². The van der Waals surface area contributed by atoms with Crippen molar-refractivity contribution in [3.63, 3.8) is 0 Å². The Morgan fingerprint density at radius 1 is 1.53 bits per heavy atom. The Balaban J connectivity index is 2.18. The normalized spacial score (nSPS) is 19.1. The number of carbonyl (C=O) groups is 2. The molecule has 15 heavy (non-hydrogen) atoms. The molecule has 0 aromatic heterocycles. The number of nitrogens with one attached hydrogen (secondary N) is 1. The van der Waals surface area contributed by atoms with Crippen molar-refractivity contribution >= 4 is 12.0 Å². The maximum absolute atomic E-state index is 11.2. The molecule has 2 N–H and O–H groups in total. The number of β-amino-alcohol motifs (C(OH)–C–C–N with tert-alkyl or cyclic N) is 1. The van der Waals surface area contributed by atoms with E-state index in [1.54, 1.807) is 18.7 Å². The summed E-state index contributed by atoms with van der Waals surface area (Å²) in [4.78, 5) is 23.8. The van der Waals surface area contributed by atoms with Crippen LogP contribution in [0.3, 0.4) is 0 Å². The fourth-order valence-corrected chi connectivity index (χ4v) is 1.55. The molecule has 1 fully saturated rings. The van der Waals surface area contributed by atoms with Crippen LogP contribution in [0.5, 0.6) is 0 Å². The monoisotopic (exact) mass is 216 g/mol. The Bertz CT molecular complexity index is 257. The Hall–Kier alpha value is -1.14. The summed E-state index contributed by atoms with van der Waals surface area (Å²) in [6, 6.07) is 0. The van der Waals surface area contributed by atoms with Crippen LogP contribution in [0.2, 0.25) is 0 Å². The van der Waals surface area contributed by atoms with Crippen LogP contribution in [-0.2, 0) is 9.53 Å². The van der Waals surface area contributed by atoms with Crippen molar-refractivity contribution in [1.29, 1.82) is 0 Å². The van der Waals surface area contributed by atoms with E-state index in [0.29, 0.717) is 13.1 Å². The van der Waals surface area contributed by atoms with Crippen LogP contribution in [0.1, 0.15) is 13.8 Å². The summed E-state index contributed by atoms with van der Waals surface area (Å²) < 4.78 is 4.55. The zero-order chi connectivity index (χ0) is 11.5. The number of amides is 2. The Labute approximate surface area is 88.2 Å². The van der Waals surface area contributed by atoms with E-state index in [-0.39, 0.29) is 13.2 Å². The van der Waals surface area contributed by atoms with E-state index in [1.807, 2.05) is 0 Å². The minimum atomic E-state index is -0.727. The van der Waals surface area contributed by atoms with Crippen LogP contribution in [0.15, 0.2) is 0 Å². The molecule has 0 aliphatic carbocycles. The highest BCUT2D eigenvalue weighted by Gasteiger charge is 2.37. The minimum Gasteiger partial charge on any atom is -0.450 e. The molecule has 1 aliphatic heterocycles. The maximum Gasteiger partial charge on any atom is 0.413 e. The first-order valence-corrected chi connectivity index (χ1v) is 4.84. The highest BCUT2D eigenvalue weighted by molar-refractivity contribution is 5.92. The molecule has 1 heterocycles. The third kappa shape index (κ3) is 3.85. The summed E-state index contributed by atoms with van der Waals surface area (Å²) in [6.45, 7) is 4.60. The lowest BCUT2D eigenvalue weighted by atomic mass is 9.97. The minimum absolute atomic E-state index is 0.106. The number of rotatable bonds is 3. The van der Waals surface area contributed by atoms with Gasteiger partial charge in [-0.2, -0.15) is 0 Å². The van der Waals surface area contributed by atoms with Crippen molar-refractivity contribution in [2.45, 2.75) is 19.4 Å². The largest absolute Gasteiger partial charge is 0.450 e. The first-order chi connectivity index (χ1) is 6.93. The first-order valence-electron chi connectivity index (χ1n) is 4.84. The van der Waals surface area contributed by atoms with Gasteiger partial charge in [0.05, 0.1) is 18.8 Å². The molecule has 0 bridgehead atoms. The summed E-state index contributed by atoms with van der Waals surface area (Å²) in [6.07, 6.45) is -0.727. The highest BCUT2D eigenvalue weighted by atomic mass is 16.5. The second-order valence-corrected chi connectivity index (χ2v) is 3.91. The average molecular weight is 216 g/mol. The summed E-state index contributed by atoms with van der Waals surface area (Å²) in [5.74, 6) is -0.413. The molecule has 6 nitrogen and oxygen atoms in total. The molecule has 0 radical (unpaired) electrons. The summed E-state index contributed by atoms with van der Waals surface area (Å²) in [5, 5.41) is 11.5. The van der Waals surface area contributed by atoms with Crippen molar-refractivity contribution in [3.8, 4) is 0 Å². The summed E-state index contributed by atoms with van der Waals surface area (Å²) >= 11 is 0. The fraction of sp³-hybridized carbons (Fsp3) is 0.778. The number of ether oxygens (including phenoxy) is 1. The molecular weight excluding hydrogens is 200 g/mol. The lowest BCUT2D eigenvalue weighted by Gasteiger charge is -2.43. The zero-order valence-electron chi connectivity index (χ0n) is 8.95. The molecule has 0 aromatic carbocycles. The lowest BCUT2D eigenvalue weighted by Crippen LogP contribution is -2.61. The number of hydrogen-bond donors (Lipinski definition) is 2. The molecule has 0 spiro atoms. The van der Waals surface area contributed by atoms with Gasteiger partial charge >= 0.3 is 6.09 Å². The van der Waals surface area contributed by atoms with Crippen LogP contribution in [-0.4, -0.2) is 53.8 Å². The molecule has 1 rings (SSSR count). The van der Waals surface area contributed by atoms with Crippen LogP contribution >= 0.6 is 0 Å². The highest BCUT2D eigenvalue weighted by Crippen LogP contribution is 2.18. The van der Waals surface area contributed by atoms with Crippen LogP contribution < -0.4 is 5.32 Å². The molecule has 6 heteroatoms. The van der Waals surface area contributed by atoms with Gasteiger partial charge in [-0.3, -0.25) is 15.0 Å². The number of imide groups is 1. The predicted molar refractivity (Wildman–Crippen MR) is 52.2 cm³/mol. The maximum atomic E-state index is 11.2. The molecule has 86 valence electrons. The second kappa shape index (κ2) is 4.59. The number of likely N-dealkylation sites (tertiary alicyclic amines) is 1. The van der Waals surface area contributed by atoms with Gasteiger partial charge in [0.15, 0.2) is 0 Å². The first kappa shape index (κ1) is 11.9. The van der Waals surface area contributed by atoms with Gasteiger partial charge in [0.2, 0.25) is 5.91 Å². The smallest absolute Gasteiger partial charge is 0.413 e. The molecule has 2 amide bonds. The van der Waals surface area contributed by atoms with Gasteiger partial charge in [0.25, 0.3) is 0 Å². The van der Waals surface area contributed by atoms with Gasteiger partial charge in [0.1, 0.15) is 0 Å². The van der Waals surface area contributed by atoms with Crippen molar-refractivity contribution in [2.24, 2.45) is 0 Å². The van der Waals surface area contributed by atoms with Gasteiger partial charge in [-0.25, -0.2) is 4.79 Å². The Morgan fingerprint density at radius 2 is 2.13 bits per heavy atom. The molecule has 1 saturated heterocycles. The van der Waals surface area contributed by atoms with Gasteiger partial charge < -0.3 is 9.84 Å². The van der Waals surface area contributed by atoms with Crippen molar-refractivity contribution in [3.05, 3.63) is 0 Å². The summed E-state index contributed by atoms with van der Waals surface area (Å²) in [5.41, 5.74) is -0.704. The third-order valence-electron chi connectivity index (χ3n) is 2.01. The van der Waals surface area contributed by atoms with Crippen LogP contribution in [0.4, 0.5) is 4.79 Å². The quantitative estimate of drug-likeness (QED) is 0.654. The van der Waals surface area contributed by atoms with E-state index < -0.39 is 17.6 Å². The lowest BCUT2D eigenvalue weighted by molar-refractivity contribution is -0.129. The number of carbonyl (C=O) groups excluding carboxylic acids is 2. The number of alkyl carbamates (subject to hydrolysis) is 1. The molecule has 0 unspecified atom stereocenters. The zero-order valence-corrected chi connectivity index (χ0v) is 8.95. The topological polar surface area (TPSA) is 78.9 Å². The number of aliphatic hydroxyl groups is 1. The van der Waals surface area contributed by atoms with Gasteiger partial charge in [-0.05, 0) is 13.8 Å². The number of nitrogens with zero attached hydrogens (tertiary/aromatic N) is 1. The molecule has 1 aliphatic rings. The predicted octanol–water partition coefficient (Wildman–Crippen LogP) is -0.674. The average Bonchev–Trinajstić information content (AvgIpc) is 2.00. The van der Waals surface area contributed by atoms with E-state index in [4.69, 9.17) is 0 Å². The third-order valence-corrected chi connectivity index (χ3v) is 2.01. The van der Waals surface area contributed by atoms with E-state index in [1.165, 1.54) is 0 Å². The second-order valence-electron chi connectivity index (χ2n) is 3.91. The Kier molecular flexibility index (Phi) is 3.65. The Morgan fingerprint density at radius 3 is 2.60 bits per heavy atom. The fourth-order valence-electron chi connectivity index (χ4n) is 1.55. The van der Waals surface area contributed by atoms with Crippen molar-refractivity contribution in [2.75, 3.05) is 26.2 Å². The van der Waals surface area contributed by atoms with Gasteiger partial charge in [0, 0.05) is 13.1 Å². The summed E-state index contributed by atoms with van der Waals surface area (Å²) in [7, 11) is 0. The van der Waals surface area contributed by atoms with Gasteiger partial charge in [-0.15, -0.1) is 0 Å². The standard InChI is InChI=1S/C9H16N2O4/c1-3-15-8(13)10-7(12)4-11-5-9(2,14)6-11/h14H,3-6H2,1-2H3,(H,10,12,13). The van der Waals surface area contributed by atoms with Crippen molar-refractivity contribution in [1.82, 2.24) is 10.2 Å². The molecule has 0 aromatic rings. The molecule has 0 saturated carbocycles. The van der Waals surface area contributed by atoms with E-state index in [0.717, 1.165) is 0 Å². The van der Waals surface area contributed by atoms with Crippen LogP contribution in [0.25, 0.3) is 0 Å². The number of hydrogen-bond acceptors (Lipinski definition) is 5. The van der Waals surface area contributed by atoms with Crippen molar-refractivity contribution < 1.29 is 19.4 Å². The molecule has 0 atom stereocenters. The molecular formula is C9H16N2O4. The SMILES string of the molecule is CCOC(=O)NC(=O)CN1CC(C)(O)C1. The van der Waals surface area contributed by atoms with E-state index in [2.05, 4.69) is 10.1 Å². The van der Waals surface area contributed by atoms with E-state index >= 15 is 0 Å². The van der Waals surface area contributed by atoms with E-state index in [9.17, 15) is 14.7 Å². The van der Waals surface area contributed by atoms with Crippen LogP contribution in [0, 0.1) is 0 Å².